The van der Waals surface area contributed by atoms with Crippen molar-refractivity contribution in [1.82, 2.24) is 0 Å². The molecule has 0 aliphatic rings. The number of hydrogen-bond donors (Lipinski definition) is 0. The van der Waals surface area contributed by atoms with E-state index in [-0.39, 0.29) is 0 Å². The molecule has 92 valence electrons. The Hall–Kier alpha value is -2.05. The van der Waals surface area contributed by atoms with Gasteiger partial charge in [0.15, 0.2) is 0 Å². The monoisotopic (exact) mass is 264 g/mol. The predicted molar refractivity (Wildman–Crippen MR) is 82.3 cm³/mol. The first kappa shape index (κ1) is 12.0. The molecule has 0 nitrogen and oxygen atoms in total. The van der Waals surface area contributed by atoms with Gasteiger partial charge in [-0.2, -0.15) is 0 Å². The van der Waals surface area contributed by atoms with Crippen molar-refractivity contribution in [2.75, 3.05) is 0 Å². The Kier molecular flexibility index (Phi) is 3.35. The van der Waals surface area contributed by atoms with Gasteiger partial charge in [0.2, 0.25) is 0 Å². The van der Waals surface area contributed by atoms with E-state index in [0.29, 0.717) is 0 Å². The summed E-state index contributed by atoms with van der Waals surface area (Å²) in [5, 5.41) is 0.764. The third kappa shape index (κ3) is 2.54. The van der Waals surface area contributed by atoms with Crippen LogP contribution in [0.15, 0.2) is 78.9 Å². The summed E-state index contributed by atoms with van der Waals surface area (Å²) in [4.78, 5) is 0. The minimum Gasteiger partial charge on any atom is -0.0843 e. The lowest BCUT2D eigenvalue weighted by Gasteiger charge is -2.10. The standard InChI is InChI=1S/C18H13Cl/c19-16-10-6-9-15(13-16)18-12-5-4-11-17(18)14-7-2-1-3-8-14/h1-13H. The van der Waals surface area contributed by atoms with Gasteiger partial charge in [-0.05, 0) is 34.4 Å². The van der Waals surface area contributed by atoms with Crippen molar-refractivity contribution in [2.24, 2.45) is 0 Å². The van der Waals surface area contributed by atoms with Crippen LogP contribution >= 0.6 is 11.6 Å². The van der Waals surface area contributed by atoms with Crippen LogP contribution in [0.4, 0.5) is 0 Å². The van der Waals surface area contributed by atoms with E-state index in [0.717, 1.165) is 10.6 Å². The fraction of sp³-hybridized carbons (Fsp3) is 0. The average Bonchev–Trinajstić information content (AvgIpc) is 2.48. The van der Waals surface area contributed by atoms with Crippen molar-refractivity contribution in [3.63, 3.8) is 0 Å². The highest BCUT2D eigenvalue weighted by Crippen LogP contribution is 2.32. The summed E-state index contributed by atoms with van der Waals surface area (Å²) >= 11 is 6.09. The molecule has 1 heteroatoms. The topological polar surface area (TPSA) is 0 Å². The molecule has 3 aromatic rings. The zero-order valence-corrected chi connectivity index (χ0v) is 11.1. The molecule has 0 unspecified atom stereocenters. The largest absolute Gasteiger partial charge is 0.0843 e. The Labute approximate surface area is 118 Å². The Morgan fingerprint density at radius 3 is 1.79 bits per heavy atom. The zero-order chi connectivity index (χ0) is 13.1. The van der Waals surface area contributed by atoms with Gasteiger partial charge in [0, 0.05) is 5.02 Å². The summed E-state index contributed by atoms with van der Waals surface area (Å²) in [5.41, 5.74) is 4.80. The van der Waals surface area contributed by atoms with E-state index in [2.05, 4.69) is 54.6 Å². The van der Waals surface area contributed by atoms with Gasteiger partial charge in [-0.15, -0.1) is 0 Å². The van der Waals surface area contributed by atoms with Crippen molar-refractivity contribution in [2.45, 2.75) is 0 Å². The van der Waals surface area contributed by atoms with Gasteiger partial charge in [0.05, 0.1) is 0 Å². The van der Waals surface area contributed by atoms with E-state index in [1.54, 1.807) is 0 Å². The highest BCUT2D eigenvalue weighted by Gasteiger charge is 2.06. The Balaban J connectivity index is 2.18. The van der Waals surface area contributed by atoms with Crippen LogP contribution in [0.3, 0.4) is 0 Å². The van der Waals surface area contributed by atoms with E-state index >= 15 is 0 Å². The van der Waals surface area contributed by atoms with Crippen LogP contribution in [0.5, 0.6) is 0 Å². The summed E-state index contributed by atoms with van der Waals surface area (Å²) in [6.07, 6.45) is 0. The predicted octanol–water partition coefficient (Wildman–Crippen LogP) is 5.67. The van der Waals surface area contributed by atoms with E-state index in [1.807, 2.05) is 24.3 Å². The second-order valence-corrected chi connectivity index (χ2v) is 4.86. The van der Waals surface area contributed by atoms with Crippen molar-refractivity contribution in [3.05, 3.63) is 83.9 Å². The normalized spacial score (nSPS) is 10.4. The van der Waals surface area contributed by atoms with Gasteiger partial charge in [-0.1, -0.05) is 78.3 Å². The third-order valence-corrected chi connectivity index (χ3v) is 3.38. The van der Waals surface area contributed by atoms with Crippen molar-refractivity contribution in [3.8, 4) is 22.3 Å². The van der Waals surface area contributed by atoms with Gasteiger partial charge >= 0.3 is 0 Å². The number of halogens is 1. The van der Waals surface area contributed by atoms with Crippen molar-refractivity contribution in [1.29, 1.82) is 0 Å². The van der Waals surface area contributed by atoms with E-state index in [1.165, 1.54) is 16.7 Å². The summed E-state index contributed by atoms with van der Waals surface area (Å²) in [5.74, 6) is 0. The first-order valence-corrected chi connectivity index (χ1v) is 6.63. The van der Waals surface area contributed by atoms with Gasteiger partial charge < -0.3 is 0 Å². The highest BCUT2D eigenvalue weighted by molar-refractivity contribution is 6.30. The summed E-state index contributed by atoms with van der Waals surface area (Å²) < 4.78 is 0. The zero-order valence-electron chi connectivity index (χ0n) is 10.4. The van der Waals surface area contributed by atoms with Gasteiger partial charge in [-0.25, -0.2) is 0 Å². The average molecular weight is 265 g/mol. The van der Waals surface area contributed by atoms with E-state index in [4.69, 9.17) is 11.6 Å². The first-order chi connectivity index (χ1) is 9.34. The van der Waals surface area contributed by atoms with E-state index < -0.39 is 0 Å². The molecular weight excluding hydrogens is 252 g/mol. The Bertz CT molecular complexity index is 687. The van der Waals surface area contributed by atoms with Crippen LogP contribution in [0.1, 0.15) is 0 Å². The summed E-state index contributed by atoms with van der Waals surface area (Å²) in [6.45, 7) is 0. The maximum absolute atomic E-state index is 6.09. The molecule has 0 aromatic heterocycles. The molecule has 0 aliphatic carbocycles. The minimum absolute atomic E-state index is 0.764. The Morgan fingerprint density at radius 1 is 0.526 bits per heavy atom. The maximum atomic E-state index is 6.09. The smallest absolute Gasteiger partial charge is 0.0412 e. The number of benzene rings is 3. The maximum Gasteiger partial charge on any atom is 0.0412 e. The summed E-state index contributed by atoms with van der Waals surface area (Å²) in [7, 11) is 0. The molecule has 0 atom stereocenters. The molecule has 0 bridgehead atoms. The molecule has 0 heterocycles. The van der Waals surface area contributed by atoms with Gasteiger partial charge in [0.25, 0.3) is 0 Å². The molecular formula is C18H13Cl. The lowest BCUT2D eigenvalue weighted by molar-refractivity contribution is 1.58. The van der Waals surface area contributed by atoms with Crippen LogP contribution in [0.2, 0.25) is 5.02 Å². The molecule has 0 saturated heterocycles. The van der Waals surface area contributed by atoms with Crippen molar-refractivity contribution >= 4 is 11.6 Å². The van der Waals surface area contributed by atoms with Gasteiger partial charge in [0.1, 0.15) is 0 Å². The van der Waals surface area contributed by atoms with Crippen molar-refractivity contribution < 1.29 is 0 Å². The van der Waals surface area contributed by atoms with Crippen LogP contribution in [0, 0.1) is 0 Å². The Morgan fingerprint density at radius 2 is 1.11 bits per heavy atom. The summed E-state index contributed by atoms with van der Waals surface area (Å²) in [6, 6.07) is 26.8. The van der Waals surface area contributed by atoms with Crippen LogP contribution in [0.25, 0.3) is 22.3 Å². The third-order valence-electron chi connectivity index (χ3n) is 3.15. The second kappa shape index (κ2) is 5.29. The number of hydrogen-bond acceptors (Lipinski definition) is 0. The number of rotatable bonds is 2. The van der Waals surface area contributed by atoms with E-state index in [9.17, 15) is 0 Å². The molecule has 3 aromatic carbocycles. The molecule has 0 fully saturated rings. The highest BCUT2D eigenvalue weighted by atomic mass is 35.5. The SMILES string of the molecule is Clc1cccc(-c2ccccc2-c2ccccc2)c1. The molecule has 3 rings (SSSR count). The van der Waals surface area contributed by atoms with Crippen LogP contribution in [-0.4, -0.2) is 0 Å². The molecule has 0 saturated carbocycles. The van der Waals surface area contributed by atoms with Gasteiger partial charge in [-0.3, -0.25) is 0 Å². The molecule has 0 amide bonds. The molecule has 0 spiro atoms. The molecule has 0 aliphatic heterocycles. The first-order valence-electron chi connectivity index (χ1n) is 6.25. The van der Waals surface area contributed by atoms with Crippen LogP contribution < -0.4 is 0 Å². The fourth-order valence-electron chi connectivity index (χ4n) is 2.26. The molecule has 0 radical (unpaired) electrons. The molecule has 19 heavy (non-hydrogen) atoms. The lowest BCUT2D eigenvalue weighted by Crippen LogP contribution is -1.84. The fourth-order valence-corrected chi connectivity index (χ4v) is 2.45. The minimum atomic E-state index is 0.764. The second-order valence-electron chi connectivity index (χ2n) is 4.42. The quantitative estimate of drug-likeness (QED) is 0.559. The molecule has 0 N–H and O–H groups in total. The lowest BCUT2D eigenvalue weighted by atomic mass is 9.95. The van der Waals surface area contributed by atoms with Crippen LogP contribution in [-0.2, 0) is 0 Å².